The molecule has 0 fully saturated rings. The fourth-order valence-corrected chi connectivity index (χ4v) is 4.96. The van der Waals surface area contributed by atoms with Crippen molar-refractivity contribution in [3.63, 3.8) is 0 Å². The first-order chi connectivity index (χ1) is 20.6. The number of ether oxygens (including phenoxy) is 2. The summed E-state index contributed by atoms with van der Waals surface area (Å²) in [5, 5.41) is 9.03. The van der Waals surface area contributed by atoms with Crippen LogP contribution in [0.1, 0.15) is 35.6 Å². The molecule has 7 nitrogen and oxygen atoms in total. The topological polar surface area (TPSA) is 92.2 Å². The molecule has 0 bridgehead atoms. The molecule has 0 saturated carbocycles. The Morgan fingerprint density at radius 1 is 0.905 bits per heavy atom. The number of hydrogen-bond acceptors (Lipinski definition) is 6. The molecule has 1 aliphatic rings. The Morgan fingerprint density at radius 3 is 2.21 bits per heavy atom. The fraction of sp³-hybridized carbons (Fsp3) is 0.200. The van der Waals surface area contributed by atoms with Crippen molar-refractivity contribution in [2.24, 2.45) is 4.99 Å². The molecule has 1 aliphatic heterocycles. The third kappa shape index (κ3) is 6.60. The molecule has 5 rings (SSSR count). The molecule has 3 N–H and O–H groups in total. The van der Waals surface area contributed by atoms with Crippen LogP contribution in [-0.2, 0) is 9.53 Å². The number of carbonyl (C=O) groups is 1. The van der Waals surface area contributed by atoms with E-state index in [9.17, 15) is 4.79 Å². The first-order valence-corrected chi connectivity index (χ1v) is 14.1. The van der Waals surface area contributed by atoms with E-state index in [0.717, 1.165) is 27.8 Å². The van der Waals surface area contributed by atoms with Gasteiger partial charge in [0, 0.05) is 32.1 Å². The highest BCUT2D eigenvalue weighted by Gasteiger charge is 2.52. The first-order valence-electron chi connectivity index (χ1n) is 14.1. The maximum Gasteiger partial charge on any atom is 0.266 e. The average Bonchev–Trinajstić information content (AvgIpc) is 3.43. The van der Waals surface area contributed by atoms with Crippen molar-refractivity contribution in [3.8, 4) is 16.9 Å². The summed E-state index contributed by atoms with van der Waals surface area (Å²) in [6.45, 7) is 0.501. The quantitative estimate of drug-likeness (QED) is 0.152. The number of nitrogens with zero attached hydrogens (tertiary/aromatic N) is 1. The lowest BCUT2D eigenvalue weighted by Crippen LogP contribution is -2.51. The van der Waals surface area contributed by atoms with E-state index in [0.29, 0.717) is 31.1 Å². The minimum Gasteiger partial charge on any atom is -0.494 e. The fourth-order valence-electron chi connectivity index (χ4n) is 4.96. The zero-order valence-corrected chi connectivity index (χ0v) is 23.6. The van der Waals surface area contributed by atoms with Gasteiger partial charge in [0.25, 0.3) is 5.91 Å². The number of aliphatic imine (C=N–C) groups is 1. The third-order valence-electron chi connectivity index (χ3n) is 7.13. The monoisotopic (exact) mass is 561 g/mol. The molecule has 0 radical (unpaired) electrons. The van der Waals surface area contributed by atoms with E-state index in [1.54, 1.807) is 7.05 Å². The number of benzene rings is 4. The van der Waals surface area contributed by atoms with Crippen LogP contribution >= 0.6 is 0 Å². The maximum atomic E-state index is 13.8. The van der Waals surface area contributed by atoms with Crippen molar-refractivity contribution < 1.29 is 19.4 Å². The highest BCUT2D eigenvalue weighted by molar-refractivity contribution is 6.01. The molecule has 42 heavy (non-hydrogen) atoms. The van der Waals surface area contributed by atoms with Crippen LogP contribution in [0.15, 0.2) is 120 Å². The van der Waals surface area contributed by atoms with Crippen molar-refractivity contribution in [1.82, 2.24) is 10.9 Å². The van der Waals surface area contributed by atoms with Crippen LogP contribution in [0.2, 0.25) is 0 Å². The molecule has 1 heterocycles. The number of aliphatic hydroxyl groups is 1. The lowest BCUT2D eigenvalue weighted by atomic mass is 9.84. The molecule has 2 atom stereocenters. The van der Waals surface area contributed by atoms with Gasteiger partial charge in [0.05, 0.1) is 6.61 Å². The van der Waals surface area contributed by atoms with E-state index in [1.807, 2.05) is 109 Å². The summed E-state index contributed by atoms with van der Waals surface area (Å²) in [5.41, 5.74) is 9.09. The van der Waals surface area contributed by atoms with Crippen LogP contribution in [0.4, 0.5) is 0 Å². The highest BCUT2D eigenvalue weighted by Crippen LogP contribution is 2.43. The molecule has 0 aliphatic carbocycles. The van der Waals surface area contributed by atoms with Crippen molar-refractivity contribution in [3.05, 3.63) is 132 Å². The van der Waals surface area contributed by atoms with Gasteiger partial charge in [-0.15, -0.1) is 0 Å². The molecule has 4 aromatic rings. The predicted octanol–water partition coefficient (Wildman–Crippen LogP) is 5.73. The summed E-state index contributed by atoms with van der Waals surface area (Å²) < 4.78 is 12.2. The largest absolute Gasteiger partial charge is 0.494 e. The van der Waals surface area contributed by atoms with E-state index in [4.69, 9.17) is 19.6 Å². The van der Waals surface area contributed by atoms with Gasteiger partial charge in [-0.3, -0.25) is 10.2 Å². The van der Waals surface area contributed by atoms with E-state index in [-0.39, 0.29) is 12.5 Å². The molecule has 0 spiro atoms. The Kier molecular flexibility index (Phi) is 9.44. The van der Waals surface area contributed by atoms with Gasteiger partial charge in [0.2, 0.25) is 5.90 Å². The van der Waals surface area contributed by atoms with Gasteiger partial charge in [-0.2, -0.15) is 0 Å². The summed E-state index contributed by atoms with van der Waals surface area (Å²) in [5.74, 6) is 0.774. The Balaban J connectivity index is 1.51. The predicted molar refractivity (Wildman–Crippen MR) is 166 cm³/mol. The second-order valence-electron chi connectivity index (χ2n) is 10.00. The van der Waals surface area contributed by atoms with Gasteiger partial charge in [-0.1, -0.05) is 97.1 Å². The Labute approximate surface area is 246 Å². The van der Waals surface area contributed by atoms with Crippen LogP contribution < -0.4 is 15.6 Å². The normalized spacial score (nSPS) is 18.0. The Morgan fingerprint density at radius 2 is 1.55 bits per heavy atom. The summed E-state index contributed by atoms with van der Waals surface area (Å²) in [6.07, 6.45) is 4.17. The van der Waals surface area contributed by atoms with Gasteiger partial charge in [0.15, 0.2) is 11.6 Å². The smallest absolute Gasteiger partial charge is 0.266 e. The molecule has 0 unspecified atom stereocenters. The lowest BCUT2D eigenvalue weighted by Gasteiger charge is -2.29. The maximum absolute atomic E-state index is 13.8. The number of nitrogens with one attached hydrogen (secondary N) is 2. The minimum atomic E-state index is -1.27. The number of amides is 1. The van der Waals surface area contributed by atoms with Crippen LogP contribution in [0.5, 0.6) is 5.75 Å². The number of carbonyl (C=O) groups excluding carboxylic acids is 1. The molecule has 4 aromatic carbocycles. The number of hydrogen-bond donors (Lipinski definition) is 3. The molecule has 214 valence electrons. The van der Waals surface area contributed by atoms with Crippen molar-refractivity contribution >= 4 is 17.9 Å². The number of hydrazine groups is 1. The Hall–Kier alpha value is -4.72. The average molecular weight is 562 g/mol. The molecular weight excluding hydrogens is 526 g/mol. The van der Waals surface area contributed by atoms with Gasteiger partial charge < -0.3 is 14.6 Å². The van der Waals surface area contributed by atoms with Crippen LogP contribution in [0.25, 0.3) is 17.2 Å². The van der Waals surface area contributed by atoms with Gasteiger partial charge >= 0.3 is 0 Å². The second kappa shape index (κ2) is 13.8. The Bertz CT molecular complexity index is 1500. The second-order valence-corrected chi connectivity index (χ2v) is 10.00. The van der Waals surface area contributed by atoms with Gasteiger partial charge in [-0.05, 0) is 46.5 Å². The highest BCUT2D eigenvalue weighted by atomic mass is 16.5. The third-order valence-corrected chi connectivity index (χ3v) is 7.13. The van der Waals surface area contributed by atoms with Crippen molar-refractivity contribution in [2.75, 3.05) is 20.3 Å². The van der Waals surface area contributed by atoms with E-state index < -0.39 is 11.6 Å². The molecule has 7 heteroatoms. The van der Waals surface area contributed by atoms with Gasteiger partial charge in [0.1, 0.15) is 5.75 Å². The minimum absolute atomic E-state index is 0.0753. The number of aliphatic hydroxyl groups excluding tert-OH is 1. The summed E-state index contributed by atoms with van der Waals surface area (Å²) >= 11 is 0. The molecule has 1 amide bonds. The summed E-state index contributed by atoms with van der Waals surface area (Å²) in [4.78, 5) is 18.8. The number of rotatable bonds is 12. The van der Waals surface area contributed by atoms with Crippen molar-refractivity contribution in [2.45, 2.75) is 24.5 Å². The summed E-state index contributed by atoms with van der Waals surface area (Å²) in [7, 11) is 1.66. The summed E-state index contributed by atoms with van der Waals surface area (Å²) in [6, 6.07) is 35.6. The lowest BCUT2D eigenvalue weighted by molar-refractivity contribution is -0.129. The molecule has 0 saturated heterocycles. The van der Waals surface area contributed by atoms with Crippen LogP contribution in [0, 0.1) is 0 Å². The van der Waals surface area contributed by atoms with E-state index >= 15 is 0 Å². The van der Waals surface area contributed by atoms with Crippen LogP contribution in [0.3, 0.4) is 0 Å². The van der Waals surface area contributed by atoms with Gasteiger partial charge in [-0.25, -0.2) is 10.4 Å². The first kappa shape index (κ1) is 28.8. The zero-order chi connectivity index (χ0) is 29.2. The SMILES string of the molecule is CNNC(=O)[C@@]1(C/C=C/c2ccccc2)N=C(c2ccc(OCCCO)cc2)O[C@H]1c1ccc(-c2ccccc2)cc1. The van der Waals surface area contributed by atoms with Crippen molar-refractivity contribution in [1.29, 1.82) is 0 Å². The standard InChI is InChI=1S/C35H35N3O4/c1-36-38-34(40)35(23-8-12-26-10-4-2-5-11-26)32(29-17-15-28(16-18-29)27-13-6-3-7-14-27)42-33(37-35)30-19-21-31(22-20-30)41-25-9-24-39/h2-8,10-22,32,36,39H,9,23-25H2,1H3,(H,38,40)/b12-8+/t32-,35-/m0/s1. The molecule has 0 aromatic heterocycles. The van der Waals surface area contributed by atoms with E-state index in [2.05, 4.69) is 23.0 Å². The van der Waals surface area contributed by atoms with E-state index in [1.165, 1.54) is 0 Å². The zero-order valence-electron chi connectivity index (χ0n) is 23.6. The van der Waals surface area contributed by atoms with Crippen LogP contribution in [-0.4, -0.2) is 42.7 Å². The molecular formula is C35H35N3O4.